The van der Waals surface area contributed by atoms with E-state index in [0.717, 1.165) is 0 Å². The summed E-state index contributed by atoms with van der Waals surface area (Å²) < 4.78 is 0. The van der Waals surface area contributed by atoms with E-state index in [1.807, 2.05) is 0 Å². The lowest BCUT2D eigenvalue weighted by Gasteiger charge is -1.89. The SMILES string of the molecule is C/C(N)=C(/C)N. The van der Waals surface area contributed by atoms with Crippen LogP contribution >= 0.6 is 0 Å². The van der Waals surface area contributed by atoms with E-state index in [2.05, 4.69) is 0 Å². The van der Waals surface area contributed by atoms with Gasteiger partial charge in [0.25, 0.3) is 0 Å². The van der Waals surface area contributed by atoms with Crippen LogP contribution in [0.25, 0.3) is 0 Å². The van der Waals surface area contributed by atoms with Crippen molar-refractivity contribution in [1.29, 1.82) is 0 Å². The molecule has 0 spiro atoms. The molecule has 0 aromatic heterocycles. The Bertz CT molecular complexity index is 55.6. The minimum absolute atomic E-state index is 0.704. The molecule has 0 atom stereocenters. The van der Waals surface area contributed by atoms with Crippen LogP contribution in [-0.2, 0) is 0 Å². The Morgan fingerprint density at radius 3 is 1.17 bits per heavy atom. The molecule has 2 heteroatoms. The molecule has 0 saturated heterocycles. The number of rotatable bonds is 0. The molecular formula is C4H10N2. The molecule has 0 heterocycles. The molecule has 0 amide bonds. The standard InChI is InChI=1S/C4H10N2/c1-3(5)4(2)6/h5-6H2,1-2H3/b4-3+. The highest BCUT2D eigenvalue weighted by molar-refractivity contribution is 4.99. The number of hydrogen-bond donors (Lipinski definition) is 2. The Morgan fingerprint density at radius 1 is 1.00 bits per heavy atom. The first kappa shape index (κ1) is 5.34. The number of allylic oxidation sites excluding steroid dienone is 2. The summed E-state index contributed by atoms with van der Waals surface area (Å²) in [4.78, 5) is 0. The Kier molecular flexibility index (Phi) is 1.51. The van der Waals surface area contributed by atoms with Gasteiger partial charge in [-0.05, 0) is 13.8 Å². The summed E-state index contributed by atoms with van der Waals surface area (Å²) >= 11 is 0. The van der Waals surface area contributed by atoms with E-state index in [-0.39, 0.29) is 0 Å². The molecule has 0 aliphatic heterocycles. The van der Waals surface area contributed by atoms with Crippen molar-refractivity contribution in [2.24, 2.45) is 11.5 Å². The van der Waals surface area contributed by atoms with E-state index in [0.29, 0.717) is 11.4 Å². The molecule has 0 bridgehead atoms. The first-order valence-corrected chi connectivity index (χ1v) is 1.83. The highest BCUT2D eigenvalue weighted by atomic mass is 14.7. The van der Waals surface area contributed by atoms with E-state index in [1.165, 1.54) is 0 Å². The lowest BCUT2D eigenvalue weighted by Crippen LogP contribution is -2.02. The quantitative estimate of drug-likeness (QED) is 0.441. The Balaban J connectivity index is 3.68. The van der Waals surface area contributed by atoms with Gasteiger partial charge in [-0.15, -0.1) is 0 Å². The molecule has 4 N–H and O–H groups in total. The van der Waals surface area contributed by atoms with Crippen molar-refractivity contribution in [3.63, 3.8) is 0 Å². The van der Waals surface area contributed by atoms with Crippen LogP contribution in [0.4, 0.5) is 0 Å². The third kappa shape index (κ3) is 1.64. The lowest BCUT2D eigenvalue weighted by molar-refractivity contribution is 1.16. The maximum Gasteiger partial charge on any atom is 0.0237 e. The van der Waals surface area contributed by atoms with Crippen LogP contribution in [0, 0.1) is 0 Å². The van der Waals surface area contributed by atoms with Crippen LogP contribution in [0.15, 0.2) is 11.4 Å². The molecule has 0 aromatic carbocycles. The third-order valence-electron chi connectivity index (χ3n) is 0.622. The second-order valence-corrected chi connectivity index (χ2v) is 1.37. The van der Waals surface area contributed by atoms with Gasteiger partial charge in [0.1, 0.15) is 0 Å². The Morgan fingerprint density at radius 2 is 1.17 bits per heavy atom. The Hall–Kier alpha value is -0.660. The molecule has 0 rings (SSSR count). The molecule has 0 radical (unpaired) electrons. The minimum atomic E-state index is 0.704. The van der Waals surface area contributed by atoms with Crippen molar-refractivity contribution in [3.05, 3.63) is 11.4 Å². The van der Waals surface area contributed by atoms with Gasteiger partial charge in [0.05, 0.1) is 0 Å². The molecule has 0 aliphatic rings. The van der Waals surface area contributed by atoms with Gasteiger partial charge in [-0.1, -0.05) is 0 Å². The maximum atomic E-state index is 5.19. The second kappa shape index (κ2) is 1.70. The molecule has 0 unspecified atom stereocenters. The van der Waals surface area contributed by atoms with Crippen molar-refractivity contribution in [1.82, 2.24) is 0 Å². The van der Waals surface area contributed by atoms with Crippen molar-refractivity contribution in [2.75, 3.05) is 0 Å². The summed E-state index contributed by atoms with van der Waals surface area (Å²) in [6.45, 7) is 3.55. The molecule has 6 heavy (non-hydrogen) atoms. The molecule has 36 valence electrons. The average Bonchev–Trinajstić information content (AvgIpc) is 1.36. The average molecular weight is 86.1 g/mol. The molecule has 0 aliphatic carbocycles. The normalized spacial score (nSPS) is 13.7. The van der Waals surface area contributed by atoms with E-state index >= 15 is 0 Å². The van der Waals surface area contributed by atoms with Gasteiger partial charge in [0.2, 0.25) is 0 Å². The van der Waals surface area contributed by atoms with E-state index in [4.69, 9.17) is 11.5 Å². The van der Waals surface area contributed by atoms with Crippen LogP contribution in [0.5, 0.6) is 0 Å². The second-order valence-electron chi connectivity index (χ2n) is 1.37. The van der Waals surface area contributed by atoms with Crippen molar-refractivity contribution < 1.29 is 0 Å². The summed E-state index contributed by atoms with van der Waals surface area (Å²) in [7, 11) is 0. The van der Waals surface area contributed by atoms with Crippen molar-refractivity contribution in [2.45, 2.75) is 13.8 Å². The molecular weight excluding hydrogens is 76.1 g/mol. The van der Waals surface area contributed by atoms with Crippen LogP contribution < -0.4 is 11.5 Å². The minimum Gasteiger partial charge on any atom is -0.401 e. The zero-order valence-electron chi connectivity index (χ0n) is 4.15. The fourth-order valence-corrected chi connectivity index (χ4v) is 0. The fourth-order valence-electron chi connectivity index (χ4n) is 0. The van der Waals surface area contributed by atoms with Crippen LogP contribution in [-0.4, -0.2) is 0 Å². The summed E-state index contributed by atoms with van der Waals surface area (Å²) in [5.41, 5.74) is 11.8. The van der Waals surface area contributed by atoms with Crippen molar-refractivity contribution >= 4 is 0 Å². The molecule has 0 saturated carbocycles. The van der Waals surface area contributed by atoms with Gasteiger partial charge in [-0.2, -0.15) is 0 Å². The van der Waals surface area contributed by atoms with Crippen molar-refractivity contribution in [3.8, 4) is 0 Å². The molecule has 0 aromatic rings. The molecule has 2 nitrogen and oxygen atoms in total. The van der Waals surface area contributed by atoms with E-state index in [9.17, 15) is 0 Å². The largest absolute Gasteiger partial charge is 0.401 e. The van der Waals surface area contributed by atoms with Gasteiger partial charge < -0.3 is 11.5 Å². The van der Waals surface area contributed by atoms with Crippen LogP contribution in [0.2, 0.25) is 0 Å². The number of nitrogens with two attached hydrogens (primary N) is 2. The first-order chi connectivity index (χ1) is 2.64. The highest BCUT2D eigenvalue weighted by Gasteiger charge is 1.76. The predicted octanol–water partition coefficient (Wildman–Crippen LogP) is 0.155. The van der Waals surface area contributed by atoms with Crippen LogP contribution in [0.1, 0.15) is 13.8 Å². The molecule has 0 fully saturated rings. The van der Waals surface area contributed by atoms with E-state index < -0.39 is 0 Å². The zero-order valence-corrected chi connectivity index (χ0v) is 4.15. The summed E-state index contributed by atoms with van der Waals surface area (Å²) in [5, 5.41) is 0. The van der Waals surface area contributed by atoms with Crippen LogP contribution in [0.3, 0.4) is 0 Å². The zero-order chi connectivity index (χ0) is 5.15. The smallest absolute Gasteiger partial charge is 0.0237 e. The fraction of sp³-hybridized carbons (Fsp3) is 0.500. The first-order valence-electron chi connectivity index (χ1n) is 1.83. The summed E-state index contributed by atoms with van der Waals surface area (Å²) in [5.74, 6) is 0. The van der Waals surface area contributed by atoms with Gasteiger partial charge in [-0.3, -0.25) is 0 Å². The monoisotopic (exact) mass is 86.1 g/mol. The highest BCUT2D eigenvalue weighted by Crippen LogP contribution is 1.82. The third-order valence-corrected chi connectivity index (χ3v) is 0.622. The maximum absolute atomic E-state index is 5.19. The summed E-state index contributed by atoms with van der Waals surface area (Å²) in [6, 6.07) is 0. The Labute approximate surface area is 37.8 Å². The topological polar surface area (TPSA) is 52.0 Å². The van der Waals surface area contributed by atoms with Gasteiger partial charge in [0.15, 0.2) is 0 Å². The number of hydrogen-bond acceptors (Lipinski definition) is 2. The predicted molar refractivity (Wildman–Crippen MR) is 26.7 cm³/mol. The summed E-state index contributed by atoms with van der Waals surface area (Å²) in [6.07, 6.45) is 0. The van der Waals surface area contributed by atoms with Gasteiger partial charge >= 0.3 is 0 Å². The van der Waals surface area contributed by atoms with Gasteiger partial charge in [0, 0.05) is 11.4 Å². The van der Waals surface area contributed by atoms with E-state index in [1.54, 1.807) is 13.8 Å². The van der Waals surface area contributed by atoms with Gasteiger partial charge in [-0.25, -0.2) is 0 Å². The lowest BCUT2D eigenvalue weighted by atomic mass is 10.4.